The van der Waals surface area contributed by atoms with E-state index in [0.29, 0.717) is 17.4 Å². The average molecular weight is 248 g/mol. The molecule has 0 heterocycles. The van der Waals surface area contributed by atoms with Gasteiger partial charge in [0.25, 0.3) is 0 Å². The SMILES string of the molecule is CCC(=CCC12CC3CC(CC(C3)C1)C2)C(=O)O. The minimum Gasteiger partial charge on any atom is -0.478 e. The number of aliphatic carboxylic acids is 1. The van der Waals surface area contributed by atoms with E-state index in [1.807, 2.05) is 13.0 Å². The van der Waals surface area contributed by atoms with Crippen LogP contribution in [0.4, 0.5) is 0 Å². The number of rotatable bonds is 4. The van der Waals surface area contributed by atoms with Crippen LogP contribution in [0.1, 0.15) is 58.3 Å². The Morgan fingerprint density at radius 2 is 1.67 bits per heavy atom. The van der Waals surface area contributed by atoms with Gasteiger partial charge in [0.15, 0.2) is 0 Å². The molecule has 0 aromatic rings. The summed E-state index contributed by atoms with van der Waals surface area (Å²) < 4.78 is 0. The summed E-state index contributed by atoms with van der Waals surface area (Å²) in [7, 11) is 0. The average Bonchev–Trinajstić information content (AvgIpc) is 2.27. The molecule has 0 radical (unpaired) electrons. The highest BCUT2D eigenvalue weighted by Gasteiger charge is 2.50. The van der Waals surface area contributed by atoms with Crippen molar-refractivity contribution in [2.75, 3.05) is 0 Å². The van der Waals surface area contributed by atoms with Crippen molar-refractivity contribution in [2.45, 2.75) is 58.3 Å². The van der Waals surface area contributed by atoms with Gasteiger partial charge in [-0.3, -0.25) is 0 Å². The zero-order valence-electron chi connectivity index (χ0n) is 11.3. The standard InChI is InChI=1S/C16H24O2/c1-2-14(15(17)18)3-4-16-8-11-5-12(9-16)7-13(6-11)10-16/h3,11-13H,2,4-10H2,1H3,(H,17,18). The maximum Gasteiger partial charge on any atom is 0.331 e. The van der Waals surface area contributed by atoms with Crippen molar-refractivity contribution < 1.29 is 9.90 Å². The first kappa shape index (κ1) is 12.3. The smallest absolute Gasteiger partial charge is 0.331 e. The Morgan fingerprint density at radius 1 is 1.17 bits per heavy atom. The van der Waals surface area contributed by atoms with Gasteiger partial charge in [0, 0.05) is 5.57 Å². The molecule has 0 spiro atoms. The molecule has 0 atom stereocenters. The number of allylic oxidation sites excluding steroid dienone is 1. The van der Waals surface area contributed by atoms with Crippen molar-refractivity contribution >= 4 is 5.97 Å². The molecule has 4 rings (SSSR count). The van der Waals surface area contributed by atoms with Crippen molar-refractivity contribution in [3.8, 4) is 0 Å². The normalized spacial score (nSPS) is 42.3. The molecule has 0 aliphatic heterocycles. The van der Waals surface area contributed by atoms with E-state index in [1.54, 1.807) is 0 Å². The lowest BCUT2D eigenvalue weighted by Crippen LogP contribution is -2.45. The first-order valence-electron chi connectivity index (χ1n) is 7.52. The second-order valence-electron chi connectivity index (χ2n) is 7.01. The Hall–Kier alpha value is -0.790. The van der Waals surface area contributed by atoms with Gasteiger partial charge < -0.3 is 5.11 Å². The van der Waals surface area contributed by atoms with E-state index in [9.17, 15) is 4.79 Å². The highest BCUT2D eigenvalue weighted by molar-refractivity contribution is 5.86. The molecule has 2 nitrogen and oxygen atoms in total. The lowest BCUT2D eigenvalue weighted by molar-refractivity contribution is -0.132. The summed E-state index contributed by atoms with van der Waals surface area (Å²) in [5.74, 6) is 2.15. The fraction of sp³-hybridized carbons (Fsp3) is 0.812. The Bertz CT molecular complexity index is 345. The maximum atomic E-state index is 11.1. The number of carboxylic acids is 1. The molecule has 0 aromatic heterocycles. The van der Waals surface area contributed by atoms with Gasteiger partial charge >= 0.3 is 5.97 Å². The van der Waals surface area contributed by atoms with Gasteiger partial charge in [0.2, 0.25) is 0 Å². The second-order valence-corrected chi connectivity index (χ2v) is 7.01. The molecule has 0 saturated heterocycles. The molecule has 18 heavy (non-hydrogen) atoms. The summed E-state index contributed by atoms with van der Waals surface area (Å²) in [6, 6.07) is 0. The molecule has 1 N–H and O–H groups in total. The van der Waals surface area contributed by atoms with Crippen molar-refractivity contribution in [1.29, 1.82) is 0 Å². The summed E-state index contributed by atoms with van der Waals surface area (Å²) in [5.41, 5.74) is 1.09. The number of carbonyl (C=O) groups is 1. The first-order valence-corrected chi connectivity index (χ1v) is 7.52. The van der Waals surface area contributed by atoms with E-state index >= 15 is 0 Å². The van der Waals surface area contributed by atoms with Crippen molar-refractivity contribution in [2.24, 2.45) is 23.2 Å². The molecule has 4 bridgehead atoms. The summed E-state index contributed by atoms with van der Waals surface area (Å²) >= 11 is 0. The summed E-state index contributed by atoms with van der Waals surface area (Å²) in [6.07, 6.45) is 12.2. The van der Waals surface area contributed by atoms with Gasteiger partial charge in [-0.1, -0.05) is 13.0 Å². The minimum atomic E-state index is -0.720. The van der Waals surface area contributed by atoms with E-state index in [0.717, 1.165) is 24.2 Å². The van der Waals surface area contributed by atoms with E-state index < -0.39 is 5.97 Å². The van der Waals surface area contributed by atoms with Crippen LogP contribution in [0.15, 0.2) is 11.6 Å². The fourth-order valence-corrected chi connectivity index (χ4v) is 5.26. The molecule has 4 aliphatic rings. The molecule has 2 heteroatoms. The number of hydrogen-bond donors (Lipinski definition) is 1. The van der Waals surface area contributed by atoms with Crippen LogP contribution in [0.25, 0.3) is 0 Å². The van der Waals surface area contributed by atoms with Crippen LogP contribution in [-0.4, -0.2) is 11.1 Å². The first-order chi connectivity index (χ1) is 8.60. The molecule has 0 amide bonds. The van der Waals surface area contributed by atoms with Gasteiger partial charge in [0.1, 0.15) is 0 Å². The molecular formula is C16H24O2. The molecule has 0 unspecified atom stereocenters. The van der Waals surface area contributed by atoms with Gasteiger partial charge in [0.05, 0.1) is 0 Å². The molecule has 4 saturated carbocycles. The molecule has 4 aliphatic carbocycles. The summed E-state index contributed by atoms with van der Waals surface area (Å²) in [4.78, 5) is 11.1. The quantitative estimate of drug-likeness (QED) is 0.763. The summed E-state index contributed by atoms with van der Waals surface area (Å²) in [5, 5.41) is 9.12. The van der Waals surface area contributed by atoms with Gasteiger partial charge in [-0.25, -0.2) is 4.79 Å². The Kier molecular flexibility index (Phi) is 2.99. The molecular weight excluding hydrogens is 224 g/mol. The highest BCUT2D eigenvalue weighted by Crippen LogP contribution is 2.61. The zero-order valence-corrected chi connectivity index (χ0v) is 11.3. The van der Waals surface area contributed by atoms with E-state index in [-0.39, 0.29) is 0 Å². The van der Waals surface area contributed by atoms with Gasteiger partial charge in [-0.05, 0) is 74.5 Å². The van der Waals surface area contributed by atoms with Crippen molar-refractivity contribution in [3.63, 3.8) is 0 Å². The topological polar surface area (TPSA) is 37.3 Å². The fourth-order valence-electron chi connectivity index (χ4n) is 5.26. The monoisotopic (exact) mass is 248 g/mol. The van der Waals surface area contributed by atoms with Crippen molar-refractivity contribution in [1.82, 2.24) is 0 Å². The van der Waals surface area contributed by atoms with E-state index in [2.05, 4.69) is 0 Å². The molecule has 100 valence electrons. The van der Waals surface area contributed by atoms with E-state index in [1.165, 1.54) is 38.5 Å². The predicted molar refractivity (Wildman–Crippen MR) is 71.2 cm³/mol. The van der Waals surface area contributed by atoms with Crippen LogP contribution in [-0.2, 0) is 4.79 Å². The minimum absolute atomic E-state index is 0.477. The summed E-state index contributed by atoms with van der Waals surface area (Å²) in [6.45, 7) is 1.94. The van der Waals surface area contributed by atoms with Crippen LogP contribution in [0.2, 0.25) is 0 Å². The van der Waals surface area contributed by atoms with Gasteiger partial charge in [-0.2, -0.15) is 0 Å². The third-order valence-corrected chi connectivity index (χ3v) is 5.60. The Labute approximate surface area is 109 Å². The Morgan fingerprint density at radius 3 is 2.06 bits per heavy atom. The van der Waals surface area contributed by atoms with Gasteiger partial charge in [-0.15, -0.1) is 0 Å². The lowest BCUT2D eigenvalue weighted by Gasteiger charge is -2.56. The predicted octanol–water partition coefficient (Wildman–Crippen LogP) is 4.01. The largest absolute Gasteiger partial charge is 0.478 e. The van der Waals surface area contributed by atoms with Crippen molar-refractivity contribution in [3.05, 3.63) is 11.6 Å². The van der Waals surface area contributed by atoms with E-state index in [4.69, 9.17) is 5.11 Å². The molecule has 0 aromatic carbocycles. The lowest BCUT2D eigenvalue weighted by atomic mass is 9.49. The van der Waals surface area contributed by atoms with Crippen LogP contribution < -0.4 is 0 Å². The molecule has 4 fully saturated rings. The number of carboxylic acid groups (broad SMARTS) is 1. The Balaban J connectivity index is 1.74. The zero-order chi connectivity index (χ0) is 12.8. The van der Waals surface area contributed by atoms with Crippen LogP contribution >= 0.6 is 0 Å². The van der Waals surface area contributed by atoms with Crippen LogP contribution in [0, 0.1) is 23.2 Å². The maximum absolute atomic E-state index is 11.1. The second kappa shape index (κ2) is 4.40. The third kappa shape index (κ3) is 2.10. The highest BCUT2D eigenvalue weighted by atomic mass is 16.4. The van der Waals surface area contributed by atoms with Crippen LogP contribution in [0.3, 0.4) is 0 Å². The number of hydrogen-bond acceptors (Lipinski definition) is 1. The third-order valence-electron chi connectivity index (χ3n) is 5.60. The van der Waals surface area contributed by atoms with Crippen LogP contribution in [0.5, 0.6) is 0 Å².